The zero-order valence-corrected chi connectivity index (χ0v) is 8.91. The summed E-state index contributed by atoms with van der Waals surface area (Å²) < 4.78 is 0. The van der Waals surface area contributed by atoms with Crippen LogP contribution in [0, 0.1) is 0 Å². The summed E-state index contributed by atoms with van der Waals surface area (Å²) in [6.45, 7) is 12.0. The molecule has 1 nitrogen and oxygen atoms in total. The van der Waals surface area contributed by atoms with Gasteiger partial charge in [-0.05, 0) is 6.20 Å². The Morgan fingerprint density at radius 3 is 1.27 bits per heavy atom. The standard InChI is InChI=1S/C4H10.C3H7N.C3H8/c2*1-3-4-2;1-3-2/h3-4H2,1-2H3;3-4H,1H2,2H3;3H2,1-2H3. The predicted octanol–water partition coefficient (Wildman–Crippen LogP) is 3.57. The lowest BCUT2D eigenvalue weighted by molar-refractivity contribution is 0.886. The first-order chi connectivity index (χ1) is 5.24. The molecule has 0 aromatic rings. The van der Waals surface area contributed by atoms with Crippen LogP contribution in [0.2, 0.25) is 0 Å². The summed E-state index contributed by atoms with van der Waals surface area (Å²) in [7, 11) is 1.81. The monoisotopic (exact) mass is 159 g/mol. The molecule has 0 aliphatic rings. The highest BCUT2D eigenvalue weighted by Gasteiger charge is 1.56. The average molecular weight is 159 g/mol. The molecule has 0 radical (unpaired) electrons. The largest absolute Gasteiger partial charge is 0.394 e. The van der Waals surface area contributed by atoms with Gasteiger partial charge in [0.15, 0.2) is 0 Å². The minimum atomic E-state index is 1.25. The molecule has 0 spiro atoms. The summed E-state index contributed by atoms with van der Waals surface area (Å²) in [4.78, 5) is 0. The van der Waals surface area contributed by atoms with Crippen molar-refractivity contribution in [1.82, 2.24) is 5.32 Å². The topological polar surface area (TPSA) is 12.0 Å². The van der Waals surface area contributed by atoms with E-state index in [9.17, 15) is 0 Å². The Morgan fingerprint density at radius 1 is 1.09 bits per heavy atom. The van der Waals surface area contributed by atoms with Crippen molar-refractivity contribution in [2.24, 2.45) is 0 Å². The summed E-state index contributed by atoms with van der Waals surface area (Å²) in [6, 6.07) is 0. The first-order valence-corrected chi connectivity index (χ1v) is 4.53. The van der Waals surface area contributed by atoms with Crippen LogP contribution in [-0.2, 0) is 0 Å². The van der Waals surface area contributed by atoms with Crippen molar-refractivity contribution >= 4 is 0 Å². The lowest BCUT2D eigenvalue weighted by atomic mass is 10.4. The van der Waals surface area contributed by atoms with E-state index in [2.05, 4.69) is 39.6 Å². The Morgan fingerprint density at radius 2 is 1.27 bits per heavy atom. The van der Waals surface area contributed by atoms with E-state index < -0.39 is 0 Å². The molecule has 0 rings (SSSR count). The van der Waals surface area contributed by atoms with E-state index in [4.69, 9.17) is 0 Å². The van der Waals surface area contributed by atoms with Crippen molar-refractivity contribution in [2.45, 2.75) is 47.0 Å². The maximum atomic E-state index is 3.37. The number of hydrogen-bond acceptors (Lipinski definition) is 1. The van der Waals surface area contributed by atoms with Gasteiger partial charge >= 0.3 is 0 Å². The minimum Gasteiger partial charge on any atom is -0.394 e. The summed E-state index contributed by atoms with van der Waals surface area (Å²) in [5.41, 5.74) is 0. The zero-order valence-electron chi connectivity index (χ0n) is 8.91. The van der Waals surface area contributed by atoms with Crippen LogP contribution in [0.3, 0.4) is 0 Å². The maximum Gasteiger partial charge on any atom is 0.00275 e. The molecule has 0 aliphatic carbocycles. The van der Waals surface area contributed by atoms with Crippen LogP contribution in [0.4, 0.5) is 0 Å². The van der Waals surface area contributed by atoms with Crippen molar-refractivity contribution in [3.63, 3.8) is 0 Å². The predicted molar refractivity (Wildman–Crippen MR) is 55.8 cm³/mol. The SMILES string of the molecule is C=CNC.CCC.CCCC. The number of hydrogen-bond donors (Lipinski definition) is 1. The molecule has 0 fully saturated rings. The molecule has 0 heterocycles. The molecule has 0 bridgehead atoms. The molecule has 0 atom stereocenters. The van der Waals surface area contributed by atoms with Crippen LogP contribution in [0.1, 0.15) is 47.0 Å². The third-order valence-electron chi connectivity index (χ3n) is 0.704. The van der Waals surface area contributed by atoms with Crippen molar-refractivity contribution in [1.29, 1.82) is 0 Å². The van der Waals surface area contributed by atoms with E-state index in [1.165, 1.54) is 19.3 Å². The Labute approximate surface area is 72.9 Å². The van der Waals surface area contributed by atoms with Gasteiger partial charge in [-0.2, -0.15) is 0 Å². The zero-order chi connectivity index (χ0) is 9.54. The highest BCUT2D eigenvalue weighted by Crippen LogP contribution is 1.76. The van der Waals surface area contributed by atoms with Crippen LogP contribution in [0.5, 0.6) is 0 Å². The van der Waals surface area contributed by atoms with Crippen molar-refractivity contribution in [2.75, 3.05) is 7.05 Å². The summed E-state index contributed by atoms with van der Waals surface area (Å²) >= 11 is 0. The normalized spacial score (nSPS) is 6.27. The van der Waals surface area contributed by atoms with Gasteiger partial charge in [-0.3, -0.25) is 0 Å². The fraction of sp³-hybridized carbons (Fsp3) is 0.800. The van der Waals surface area contributed by atoms with Crippen LogP contribution >= 0.6 is 0 Å². The van der Waals surface area contributed by atoms with Gasteiger partial charge in [-0.15, -0.1) is 0 Å². The van der Waals surface area contributed by atoms with E-state index >= 15 is 0 Å². The summed E-state index contributed by atoms with van der Waals surface area (Å²) in [6.07, 6.45) is 5.51. The molecular weight excluding hydrogens is 134 g/mol. The third-order valence-corrected chi connectivity index (χ3v) is 0.704. The van der Waals surface area contributed by atoms with Crippen LogP contribution in [-0.4, -0.2) is 7.05 Å². The molecular formula is C10H25N. The highest BCUT2D eigenvalue weighted by atomic mass is 14.8. The molecule has 0 amide bonds. The molecule has 0 unspecified atom stereocenters. The van der Waals surface area contributed by atoms with E-state index in [1.807, 2.05) is 7.05 Å². The average Bonchev–Trinajstić information content (AvgIpc) is 2.06. The maximum absolute atomic E-state index is 3.37. The second kappa shape index (κ2) is 33.8. The molecule has 0 aromatic heterocycles. The molecule has 0 saturated carbocycles. The molecule has 1 N–H and O–H groups in total. The second-order valence-corrected chi connectivity index (χ2v) is 2.20. The van der Waals surface area contributed by atoms with Crippen LogP contribution in [0.25, 0.3) is 0 Å². The molecule has 70 valence electrons. The van der Waals surface area contributed by atoms with Crippen molar-refractivity contribution in [3.8, 4) is 0 Å². The Balaban J connectivity index is -0.0000000886. The van der Waals surface area contributed by atoms with Gasteiger partial charge in [0.2, 0.25) is 0 Å². The minimum absolute atomic E-state index is 1.25. The van der Waals surface area contributed by atoms with Crippen molar-refractivity contribution < 1.29 is 0 Å². The Hall–Kier alpha value is -0.460. The first-order valence-electron chi connectivity index (χ1n) is 4.53. The smallest absolute Gasteiger partial charge is 0.00275 e. The van der Waals surface area contributed by atoms with E-state index in [0.717, 1.165) is 0 Å². The first kappa shape index (κ1) is 16.9. The Kier molecular flexibility index (Phi) is 51.8. The fourth-order valence-electron chi connectivity index (χ4n) is 0. The summed E-state index contributed by atoms with van der Waals surface area (Å²) in [5.74, 6) is 0. The summed E-state index contributed by atoms with van der Waals surface area (Å²) in [5, 5.41) is 2.69. The number of unbranched alkanes of at least 4 members (excludes halogenated alkanes) is 1. The van der Waals surface area contributed by atoms with Gasteiger partial charge in [0.1, 0.15) is 0 Å². The second-order valence-electron chi connectivity index (χ2n) is 2.20. The molecule has 1 heteroatoms. The molecule has 0 aliphatic heterocycles. The number of rotatable bonds is 2. The van der Waals surface area contributed by atoms with Gasteiger partial charge in [0.05, 0.1) is 0 Å². The highest BCUT2D eigenvalue weighted by molar-refractivity contribution is 4.55. The van der Waals surface area contributed by atoms with E-state index in [1.54, 1.807) is 6.20 Å². The van der Waals surface area contributed by atoms with Crippen LogP contribution in [0.15, 0.2) is 12.8 Å². The molecule has 0 aromatic carbocycles. The van der Waals surface area contributed by atoms with E-state index in [0.29, 0.717) is 0 Å². The van der Waals surface area contributed by atoms with Gasteiger partial charge in [0.25, 0.3) is 0 Å². The molecule has 0 saturated heterocycles. The van der Waals surface area contributed by atoms with Gasteiger partial charge in [-0.25, -0.2) is 0 Å². The number of nitrogens with one attached hydrogen (secondary N) is 1. The lowest BCUT2D eigenvalue weighted by Crippen LogP contribution is -1.87. The van der Waals surface area contributed by atoms with Crippen molar-refractivity contribution in [3.05, 3.63) is 12.8 Å². The fourth-order valence-corrected chi connectivity index (χ4v) is 0. The van der Waals surface area contributed by atoms with Gasteiger partial charge < -0.3 is 5.32 Å². The van der Waals surface area contributed by atoms with Gasteiger partial charge in [-0.1, -0.05) is 53.5 Å². The van der Waals surface area contributed by atoms with E-state index in [-0.39, 0.29) is 0 Å². The third kappa shape index (κ3) is 229. The van der Waals surface area contributed by atoms with Gasteiger partial charge in [0, 0.05) is 7.05 Å². The van der Waals surface area contributed by atoms with Crippen LogP contribution < -0.4 is 5.32 Å². The lowest BCUT2D eigenvalue weighted by Gasteiger charge is -1.70. The molecule has 11 heavy (non-hydrogen) atoms. The quantitative estimate of drug-likeness (QED) is 0.649. The Bertz CT molecular complexity index is 40.1.